The molecular formula is C16H33F3IN5. The van der Waals surface area contributed by atoms with E-state index in [0.29, 0.717) is 19.5 Å². The average Bonchev–Trinajstić information content (AvgIpc) is 2.51. The number of halogens is 4. The Labute approximate surface area is 166 Å². The van der Waals surface area contributed by atoms with Crippen molar-refractivity contribution in [3.63, 3.8) is 0 Å². The van der Waals surface area contributed by atoms with Crippen LogP contribution < -0.4 is 10.6 Å². The highest BCUT2D eigenvalue weighted by atomic mass is 127. The fourth-order valence-electron chi connectivity index (χ4n) is 2.77. The quantitative estimate of drug-likeness (QED) is 0.231. The van der Waals surface area contributed by atoms with Crippen LogP contribution in [0, 0.1) is 0 Å². The molecule has 25 heavy (non-hydrogen) atoms. The molecule has 0 bridgehead atoms. The van der Waals surface area contributed by atoms with Gasteiger partial charge in [-0.1, -0.05) is 6.42 Å². The predicted octanol–water partition coefficient (Wildman–Crippen LogP) is 2.53. The lowest BCUT2D eigenvalue weighted by Crippen LogP contribution is -2.42. The third-order valence-electron chi connectivity index (χ3n) is 3.93. The normalized spacial score (nSPS) is 16.6. The van der Waals surface area contributed by atoms with Gasteiger partial charge in [0.25, 0.3) is 0 Å². The maximum Gasteiger partial charge on any atom is 0.401 e. The van der Waals surface area contributed by atoms with Gasteiger partial charge in [0.05, 0.1) is 6.54 Å². The molecular weight excluding hydrogens is 446 g/mol. The Hall–Kier alpha value is -0.290. The highest BCUT2D eigenvalue weighted by Gasteiger charge is 2.28. The number of guanidine groups is 1. The number of rotatable bonds is 9. The van der Waals surface area contributed by atoms with Crippen molar-refractivity contribution in [2.24, 2.45) is 4.99 Å². The highest BCUT2D eigenvalue weighted by Crippen LogP contribution is 2.15. The Kier molecular flexibility index (Phi) is 13.7. The van der Waals surface area contributed by atoms with Crippen LogP contribution in [0.3, 0.4) is 0 Å². The van der Waals surface area contributed by atoms with Crippen LogP contribution in [0.5, 0.6) is 0 Å². The number of aliphatic imine (C=N–C) groups is 1. The molecule has 0 spiro atoms. The molecule has 9 heteroatoms. The van der Waals surface area contributed by atoms with Crippen molar-refractivity contribution < 1.29 is 13.2 Å². The molecule has 150 valence electrons. The topological polar surface area (TPSA) is 42.9 Å². The molecule has 1 fully saturated rings. The van der Waals surface area contributed by atoms with Gasteiger partial charge in [-0.3, -0.25) is 9.89 Å². The van der Waals surface area contributed by atoms with Gasteiger partial charge in [0, 0.05) is 26.2 Å². The molecule has 0 unspecified atom stereocenters. The van der Waals surface area contributed by atoms with Gasteiger partial charge in [-0.2, -0.15) is 13.2 Å². The first kappa shape index (κ1) is 24.7. The summed E-state index contributed by atoms with van der Waals surface area (Å²) >= 11 is 0. The summed E-state index contributed by atoms with van der Waals surface area (Å²) in [4.78, 5) is 8.17. The summed E-state index contributed by atoms with van der Waals surface area (Å²) in [5.74, 6) is 0.744. The third-order valence-corrected chi connectivity index (χ3v) is 3.93. The molecule has 0 saturated carbocycles. The molecule has 0 aromatic carbocycles. The number of piperidine rings is 1. The largest absolute Gasteiger partial charge is 0.401 e. The van der Waals surface area contributed by atoms with Crippen LogP contribution in [0.2, 0.25) is 0 Å². The zero-order valence-electron chi connectivity index (χ0n) is 15.4. The van der Waals surface area contributed by atoms with E-state index in [1.54, 1.807) is 0 Å². The number of likely N-dealkylation sites (tertiary alicyclic amines) is 1. The number of nitrogens with zero attached hydrogens (tertiary/aromatic N) is 3. The first-order valence-corrected chi connectivity index (χ1v) is 8.90. The predicted molar refractivity (Wildman–Crippen MR) is 108 cm³/mol. The van der Waals surface area contributed by atoms with Crippen molar-refractivity contribution in [2.45, 2.75) is 38.8 Å². The van der Waals surface area contributed by atoms with Crippen LogP contribution in [0.25, 0.3) is 0 Å². The molecule has 1 rings (SSSR count). The Bertz CT molecular complexity index is 360. The first-order chi connectivity index (χ1) is 11.4. The number of hydrogen-bond donors (Lipinski definition) is 2. The summed E-state index contributed by atoms with van der Waals surface area (Å²) in [5, 5.41) is 6.47. The number of hydrogen-bond acceptors (Lipinski definition) is 3. The molecule has 2 N–H and O–H groups in total. The molecule has 1 heterocycles. The van der Waals surface area contributed by atoms with E-state index in [1.807, 2.05) is 6.92 Å². The summed E-state index contributed by atoms with van der Waals surface area (Å²) in [6.07, 6.45) is 0.355. The second-order valence-electron chi connectivity index (χ2n) is 6.30. The summed E-state index contributed by atoms with van der Waals surface area (Å²) in [5.41, 5.74) is 0. The lowest BCUT2D eigenvalue weighted by Gasteiger charge is -2.26. The van der Waals surface area contributed by atoms with Gasteiger partial charge >= 0.3 is 6.18 Å². The van der Waals surface area contributed by atoms with E-state index in [9.17, 15) is 13.2 Å². The van der Waals surface area contributed by atoms with Crippen molar-refractivity contribution in [3.05, 3.63) is 0 Å². The minimum absolute atomic E-state index is 0. The van der Waals surface area contributed by atoms with Gasteiger partial charge < -0.3 is 15.5 Å². The molecule has 0 radical (unpaired) electrons. The molecule has 1 aliphatic heterocycles. The van der Waals surface area contributed by atoms with Crippen molar-refractivity contribution in [1.29, 1.82) is 0 Å². The molecule has 1 aliphatic rings. The summed E-state index contributed by atoms with van der Waals surface area (Å²) in [7, 11) is 1.49. The highest BCUT2D eigenvalue weighted by molar-refractivity contribution is 14.0. The molecule has 0 aromatic heterocycles. The van der Waals surface area contributed by atoms with Crippen LogP contribution >= 0.6 is 24.0 Å². The van der Waals surface area contributed by atoms with E-state index in [-0.39, 0.29) is 24.0 Å². The molecule has 0 aromatic rings. The van der Waals surface area contributed by atoms with Gasteiger partial charge in [0.15, 0.2) is 5.96 Å². The van der Waals surface area contributed by atoms with Crippen LogP contribution in [0.15, 0.2) is 4.99 Å². The first-order valence-electron chi connectivity index (χ1n) is 8.90. The second kappa shape index (κ2) is 13.9. The molecule has 5 nitrogen and oxygen atoms in total. The van der Waals surface area contributed by atoms with Gasteiger partial charge in [0.2, 0.25) is 0 Å². The van der Waals surface area contributed by atoms with Crippen molar-refractivity contribution in [1.82, 2.24) is 20.4 Å². The van der Waals surface area contributed by atoms with Crippen molar-refractivity contribution >= 4 is 29.9 Å². The maximum atomic E-state index is 12.2. The van der Waals surface area contributed by atoms with Crippen LogP contribution in [0.1, 0.15) is 32.6 Å². The standard InChI is InChI=1S/C16H32F3N5.HI/c1-3-20-15(22-9-13-24-11-5-4-6-12-24)21-8-7-10-23(2)14-16(17,18)19;/h3-14H2,1-2H3,(H2,20,21,22);1H. The van der Waals surface area contributed by atoms with Crippen molar-refractivity contribution in [2.75, 3.05) is 59.4 Å². The fourth-order valence-corrected chi connectivity index (χ4v) is 2.77. The Morgan fingerprint density at radius 2 is 1.84 bits per heavy atom. The second-order valence-corrected chi connectivity index (χ2v) is 6.30. The molecule has 0 aliphatic carbocycles. The average molecular weight is 479 g/mol. The lowest BCUT2D eigenvalue weighted by molar-refractivity contribution is -0.143. The SMILES string of the molecule is CCNC(=NCCCN(C)CC(F)(F)F)NCCN1CCCCC1.I. The number of nitrogens with one attached hydrogen (secondary N) is 2. The van der Waals surface area contributed by atoms with Crippen molar-refractivity contribution in [3.8, 4) is 0 Å². The summed E-state index contributed by atoms with van der Waals surface area (Å²) in [6, 6.07) is 0. The zero-order valence-corrected chi connectivity index (χ0v) is 17.7. The van der Waals surface area contributed by atoms with Crippen LogP contribution in [-0.4, -0.2) is 81.3 Å². The maximum absolute atomic E-state index is 12.2. The van der Waals surface area contributed by atoms with Gasteiger partial charge in [-0.05, 0) is 52.9 Å². The summed E-state index contributed by atoms with van der Waals surface area (Å²) in [6.45, 7) is 6.96. The van der Waals surface area contributed by atoms with Gasteiger partial charge in [-0.25, -0.2) is 0 Å². The minimum Gasteiger partial charge on any atom is -0.357 e. The Morgan fingerprint density at radius 1 is 1.16 bits per heavy atom. The molecule has 0 amide bonds. The van der Waals surface area contributed by atoms with E-state index < -0.39 is 12.7 Å². The minimum atomic E-state index is -4.14. The zero-order chi connectivity index (χ0) is 17.8. The van der Waals surface area contributed by atoms with E-state index in [4.69, 9.17) is 0 Å². The molecule has 1 saturated heterocycles. The Morgan fingerprint density at radius 3 is 2.44 bits per heavy atom. The molecule has 0 atom stereocenters. The Balaban J connectivity index is 0.00000576. The number of alkyl halides is 3. The lowest BCUT2D eigenvalue weighted by atomic mass is 10.1. The van der Waals surface area contributed by atoms with E-state index in [2.05, 4.69) is 20.5 Å². The monoisotopic (exact) mass is 479 g/mol. The van der Waals surface area contributed by atoms with Gasteiger partial charge in [0.1, 0.15) is 0 Å². The van der Waals surface area contributed by atoms with Crippen LogP contribution in [-0.2, 0) is 0 Å². The van der Waals surface area contributed by atoms with E-state index in [1.165, 1.54) is 44.3 Å². The van der Waals surface area contributed by atoms with E-state index >= 15 is 0 Å². The van der Waals surface area contributed by atoms with Gasteiger partial charge in [-0.15, -0.1) is 24.0 Å². The van der Waals surface area contributed by atoms with E-state index in [0.717, 1.165) is 25.6 Å². The third kappa shape index (κ3) is 13.6. The summed E-state index contributed by atoms with van der Waals surface area (Å²) < 4.78 is 36.7. The fraction of sp³-hybridized carbons (Fsp3) is 0.938. The van der Waals surface area contributed by atoms with Crippen LogP contribution in [0.4, 0.5) is 13.2 Å². The smallest absolute Gasteiger partial charge is 0.357 e.